The highest BCUT2D eigenvalue weighted by Gasteiger charge is 2.51. The molecule has 0 spiro atoms. The normalized spacial score (nSPS) is 21.8. The summed E-state index contributed by atoms with van der Waals surface area (Å²) in [6, 6.07) is 8.47. The predicted octanol–water partition coefficient (Wildman–Crippen LogP) is 1.89. The monoisotopic (exact) mass is 258 g/mol. The van der Waals surface area contributed by atoms with Crippen LogP contribution in [0.25, 0.3) is 0 Å². The molecule has 0 atom stereocenters. The van der Waals surface area contributed by atoms with E-state index in [0.717, 1.165) is 32.1 Å². The zero-order chi connectivity index (χ0) is 13.5. The minimum atomic E-state index is -0.253. The number of amides is 1. The summed E-state index contributed by atoms with van der Waals surface area (Å²) in [6.07, 6.45) is 5.12. The number of benzene rings is 1. The molecular weight excluding hydrogens is 236 g/mol. The standard InChI is InChI=1S/C16H22N2O/c1-2-18-14(19)16(8-9-16)13-5-3-4-12(10-13)11-15(17)6-7-15/h3-5,10H,2,6-9,11,17H2,1H3,(H,18,19). The van der Waals surface area contributed by atoms with Crippen LogP contribution in [0.2, 0.25) is 0 Å². The van der Waals surface area contributed by atoms with Gasteiger partial charge in [0.05, 0.1) is 5.41 Å². The van der Waals surface area contributed by atoms with Crippen LogP contribution in [0.3, 0.4) is 0 Å². The Balaban J connectivity index is 1.81. The van der Waals surface area contributed by atoms with Crippen LogP contribution in [0.5, 0.6) is 0 Å². The average Bonchev–Trinajstić information content (AvgIpc) is 3.27. The number of likely N-dealkylation sites (N-methyl/N-ethyl adjacent to an activating group) is 1. The largest absolute Gasteiger partial charge is 0.356 e. The van der Waals surface area contributed by atoms with Gasteiger partial charge in [0, 0.05) is 12.1 Å². The molecule has 3 N–H and O–H groups in total. The highest BCUT2D eigenvalue weighted by Crippen LogP contribution is 2.48. The molecular formula is C16H22N2O. The molecule has 102 valence electrons. The first-order valence-corrected chi connectivity index (χ1v) is 7.25. The Hall–Kier alpha value is -1.35. The van der Waals surface area contributed by atoms with Gasteiger partial charge in [-0.05, 0) is 50.2 Å². The van der Waals surface area contributed by atoms with Gasteiger partial charge in [0.25, 0.3) is 0 Å². The third-order valence-electron chi connectivity index (χ3n) is 4.45. The van der Waals surface area contributed by atoms with E-state index in [9.17, 15) is 4.79 Å². The molecule has 0 unspecified atom stereocenters. The Morgan fingerprint density at radius 1 is 1.32 bits per heavy atom. The zero-order valence-corrected chi connectivity index (χ0v) is 11.5. The van der Waals surface area contributed by atoms with Crippen molar-refractivity contribution in [1.29, 1.82) is 0 Å². The third kappa shape index (κ3) is 2.39. The van der Waals surface area contributed by atoms with Gasteiger partial charge in [0.1, 0.15) is 0 Å². The van der Waals surface area contributed by atoms with Crippen molar-refractivity contribution in [3.05, 3.63) is 35.4 Å². The Morgan fingerprint density at radius 3 is 2.63 bits per heavy atom. The Labute approximate surface area is 114 Å². The number of rotatable bonds is 5. The molecule has 2 aliphatic carbocycles. The summed E-state index contributed by atoms with van der Waals surface area (Å²) in [5.41, 5.74) is 8.40. The number of hydrogen-bond acceptors (Lipinski definition) is 2. The summed E-state index contributed by atoms with van der Waals surface area (Å²) in [5.74, 6) is 0.182. The van der Waals surface area contributed by atoms with Crippen LogP contribution < -0.4 is 11.1 Å². The summed E-state index contributed by atoms with van der Waals surface area (Å²) >= 11 is 0. The van der Waals surface area contributed by atoms with Gasteiger partial charge in [-0.1, -0.05) is 24.3 Å². The van der Waals surface area contributed by atoms with E-state index in [0.29, 0.717) is 6.54 Å². The Morgan fingerprint density at radius 2 is 2.05 bits per heavy atom. The first kappa shape index (κ1) is 12.7. The van der Waals surface area contributed by atoms with E-state index in [1.807, 2.05) is 6.92 Å². The molecule has 0 heterocycles. The van der Waals surface area contributed by atoms with Gasteiger partial charge in [0.2, 0.25) is 5.91 Å². The van der Waals surface area contributed by atoms with Gasteiger partial charge in [0.15, 0.2) is 0 Å². The predicted molar refractivity (Wildman–Crippen MR) is 75.9 cm³/mol. The SMILES string of the molecule is CCNC(=O)C1(c2cccc(CC3(N)CC3)c2)CC1. The molecule has 0 aromatic heterocycles. The lowest BCUT2D eigenvalue weighted by Gasteiger charge is -2.17. The molecule has 2 saturated carbocycles. The molecule has 3 nitrogen and oxygen atoms in total. The van der Waals surface area contributed by atoms with Gasteiger partial charge in [-0.2, -0.15) is 0 Å². The maximum absolute atomic E-state index is 12.2. The molecule has 0 radical (unpaired) electrons. The van der Waals surface area contributed by atoms with Crippen LogP contribution in [-0.2, 0) is 16.6 Å². The molecule has 19 heavy (non-hydrogen) atoms. The summed E-state index contributed by atoms with van der Waals surface area (Å²) in [7, 11) is 0. The van der Waals surface area contributed by atoms with Crippen molar-refractivity contribution in [1.82, 2.24) is 5.32 Å². The van der Waals surface area contributed by atoms with Crippen LogP contribution in [-0.4, -0.2) is 18.0 Å². The lowest BCUT2D eigenvalue weighted by molar-refractivity contribution is -0.123. The summed E-state index contributed by atoms with van der Waals surface area (Å²) in [5, 5.41) is 2.96. The first-order chi connectivity index (χ1) is 9.08. The fraction of sp³-hybridized carbons (Fsp3) is 0.562. The van der Waals surface area contributed by atoms with Crippen molar-refractivity contribution in [2.45, 2.75) is 50.0 Å². The molecule has 2 fully saturated rings. The molecule has 0 saturated heterocycles. The van der Waals surface area contributed by atoms with Gasteiger partial charge in [-0.25, -0.2) is 0 Å². The van der Waals surface area contributed by atoms with Crippen molar-refractivity contribution in [2.24, 2.45) is 5.73 Å². The van der Waals surface area contributed by atoms with E-state index >= 15 is 0 Å². The van der Waals surface area contributed by atoms with Crippen molar-refractivity contribution < 1.29 is 4.79 Å². The molecule has 3 heteroatoms. The minimum absolute atomic E-state index is 0.0288. The Kier molecular flexibility index (Phi) is 2.90. The number of carbonyl (C=O) groups excluding carboxylic acids is 1. The molecule has 1 amide bonds. The van der Waals surface area contributed by atoms with Crippen molar-refractivity contribution in [3.63, 3.8) is 0 Å². The van der Waals surface area contributed by atoms with Crippen LogP contribution in [0.1, 0.15) is 43.7 Å². The van der Waals surface area contributed by atoms with E-state index in [1.54, 1.807) is 0 Å². The molecule has 0 aliphatic heterocycles. The molecule has 3 rings (SSSR count). The highest BCUT2D eigenvalue weighted by atomic mass is 16.2. The zero-order valence-electron chi connectivity index (χ0n) is 11.5. The van der Waals surface area contributed by atoms with E-state index in [-0.39, 0.29) is 16.9 Å². The number of carbonyl (C=O) groups is 1. The summed E-state index contributed by atoms with van der Waals surface area (Å²) in [6.45, 7) is 2.67. The maximum Gasteiger partial charge on any atom is 0.230 e. The van der Waals surface area contributed by atoms with Crippen LogP contribution in [0.15, 0.2) is 24.3 Å². The van der Waals surface area contributed by atoms with E-state index in [1.165, 1.54) is 11.1 Å². The fourth-order valence-corrected chi connectivity index (χ4v) is 2.82. The second-order valence-electron chi connectivity index (χ2n) is 6.18. The van der Waals surface area contributed by atoms with Gasteiger partial charge in [-0.3, -0.25) is 4.79 Å². The first-order valence-electron chi connectivity index (χ1n) is 7.25. The number of nitrogens with one attached hydrogen (secondary N) is 1. The van der Waals surface area contributed by atoms with Crippen molar-refractivity contribution in [2.75, 3.05) is 6.54 Å². The molecule has 1 aromatic carbocycles. The second kappa shape index (κ2) is 4.34. The molecule has 1 aromatic rings. The van der Waals surface area contributed by atoms with Crippen LogP contribution in [0.4, 0.5) is 0 Å². The molecule has 0 bridgehead atoms. The number of nitrogens with two attached hydrogens (primary N) is 1. The third-order valence-corrected chi connectivity index (χ3v) is 4.45. The minimum Gasteiger partial charge on any atom is -0.356 e. The van der Waals surface area contributed by atoms with Gasteiger partial charge in [-0.15, -0.1) is 0 Å². The van der Waals surface area contributed by atoms with E-state index in [2.05, 4.69) is 29.6 Å². The second-order valence-corrected chi connectivity index (χ2v) is 6.18. The molecule has 2 aliphatic rings. The highest BCUT2D eigenvalue weighted by molar-refractivity contribution is 5.91. The van der Waals surface area contributed by atoms with E-state index in [4.69, 9.17) is 5.73 Å². The fourth-order valence-electron chi connectivity index (χ4n) is 2.82. The van der Waals surface area contributed by atoms with Crippen molar-refractivity contribution >= 4 is 5.91 Å². The maximum atomic E-state index is 12.2. The lowest BCUT2D eigenvalue weighted by atomic mass is 9.91. The van der Waals surface area contributed by atoms with Gasteiger partial charge >= 0.3 is 0 Å². The lowest BCUT2D eigenvalue weighted by Crippen LogP contribution is -2.34. The summed E-state index contributed by atoms with van der Waals surface area (Å²) < 4.78 is 0. The topological polar surface area (TPSA) is 55.1 Å². The van der Waals surface area contributed by atoms with Crippen LogP contribution >= 0.6 is 0 Å². The van der Waals surface area contributed by atoms with Crippen molar-refractivity contribution in [3.8, 4) is 0 Å². The summed E-state index contributed by atoms with van der Waals surface area (Å²) in [4.78, 5) is 12.2. The smallest absolute Gasteiger partial charge is 0.230 e. The van der Waals surface area contributed by atoms with Crippen LogP contribution in [0, 0.1) is 0 Å². The Bertz CT molecular complexity index is 501. The van der Waals surface area contributed by atoms with Gasteiger partial charge < -0.3 is 11.1 Å². The van der Waals surface area contributed by atoms with E-state index < -0.39 is 0 Å². The number of hydrogen-bond donors (Lipinski definition) is 2. The average molecular weight is 258 g/mol. The quantitative estimate of drug-likeness (QED) is 0.847.